The molecule has 1 fully saturated rings. The summed E-state index contributed by atoms with van der Waals surface area (Å²) in [4.78, 5) is 25.0. The number of rotatable bonds is 11. The summed E-state index contributed by atoms with van der Waals surface area (Å²) in [5, 5.41) is 8.39. The molecule has 0 radical (unpaired) electrons. The number of pyridine rings is 1. The Morgan fingerprint density at radius 2 is 1.71 bits per heavy atom. The van der Waals surface area contributed by atoms with Gasteiger partial charge in [-0.1, -0.05) is 30.3 Å². The zero-order valence-corrected chi connectivity index (χ0v) is 29.1. The second-order valence-electron chi connectivity index (χ2n) is 12.6. The van der Waals surface area contributed by atoms with E-state index in [1.54, 1.807) is 25.2 Å². The molecular formula is C38H44FN7O3. The number of imidazole rings is 1. The third-order valence-corrected chi connectivity index (χ3v) is 9.38. The summed E-state index contributed by atoms with van der Waals surface area (Å²) in [6, 6.07) is 16.9. The van der Waals surface area contributed by atoms with E-state index >= 15 is 0 Å². The number of aromatic nitrogens is 4. The van der Waals surface area contributed by atoms with Gasteiger partial charge in [0, 0.05) is 68.7 Å². The van der Waals surface area contributed by atoms with Crippen molar-refractivity contribution in [2.75, 3.05) is 58.4 Å². The molecule has 1 aliphatic heterocycles. The molecule has 3 aromatic heterocycles. The number of amides is 1. The van der Waals surface area contributed by atoms with Crippen molar-refractivity contribution in [3.05, 3.63) is 89.8 Å². The zero-order chi connectivity index (χ0) is 34.7. The number of methoxy groups -OCH3 is 2. The molecule has 1 aliphatic rings. The quantitative estimate of drug-likeness (QED) is 0.166. The van der Waals surface area contributed by atoms with Gasteiger partial charge in [0.05, 0.1) is 42.9 Å². The molecule has 6 rings (SSSR count). The van der Waals surface area contributed by atoms with Gasteiger partial charge in [0.15, 0.2) is 5.75 Å². The molecule has 0 N–H and O–H groups in total. The van der Waals surface area contributed by atoms with E-state index in [0.29, 0.717) is 29.3 Å². The predicted octanol–water partition coefficient (Wildman–Crippen LogP) is 6.16. The first kappa shape index (κ1) is 33.9. The third-order valence-electron chi connectivity index (χ3n) is 9.38. The maximum Gasteiger partial charge on any atom is 0.276 e. The SMILES string of the molecule is CCN(C(=O)c1cc(F)ccc1-c1cc(N2CCN(CCc3ccc(-c4cc(OC)c(OC)nn4)cc3)CC2)cn2c(C)ncc12)C(C)C. The molecule has 5 aromatic rings. The molecule has 0 aliphatic carbocycles. The fourth-order valence-corrected chi connectivity index (χ4v) is 6.57. The van der Waals surface area contributed by atoms with Crippen molar-refractivity contribution < 1.29 is 18.7 Å². The number of halogens is 1. The normalized spacial score (nSPS) is 13.7. The summed E-state index contributed by atoms with van der Waals surface area (Å²) in [7, 11) is 3.13. The largest absolute Gasteiger partial charge is 0.491 e. The number of ether oxygens (including phenoxy) is 2. The first-order chi connectivity index (χ1) is 23.7. The monoisotopic (exact) mass is 665 g/mol. The number of aryl methyl sites for hydroxylation is 1. The zero-order valence-electron chi connectivity index (χ0n) is 29.1. The third kappa shape index (κ3) is 7.07. The van der Waals surface area contributed by atoms with Crippen LogP contribution in [0.3, 0.4) is 0 Å². The molecular weight excluding hydrogens is 621 g/mol. The average molecular weight is 666 g/mol. The number of anilines is 1. The van der Waals surface area contributed by atoms with Crippen LogP contribution in [0.5, 0.6) is 11.6 Å². The fraction of sp³-hybridized carbons (Fsp3) is 0.368. The molecule has 2 aromatic carbocycles. The summed E-state index contributed by atoms with van der Waals surface area (Å²) in [5.41, 5.74) is 6.83. The molecule has 1 amide bonds. The van der Waals surface area contributed by atoms with Gasteiger partial charge in [-0.3, -0.25) is 9.69 Å². The van der Waals surface area contributed by atoms with Gasteiger partial charge < -0.3 is 23.7 Å². The number of carbonyl (C=O) groups excluding carboxylic acids is 1. The van der Waals surface area contributed by atoms with Gasteiger partial charge in [-0.2, -0.15) is 0 Å². The number of benzene rings is 2. The van der Waals surface area contributed by atoms with E-state index in [9.17, 15) is 9.18 Å². The van der Waals surface area contributed by atoms with Crippen LogP contribution in [0.15, 0.2) is 67.0 Å². The van der Waals surface area contributed by atoms with Crippen molar-refractivity contribution in [1.29, 1.82) is 0 Å². The Hall–Kier alpha value is -5.03. The Morgan fingerprint density at radius 1 is 0.959 bits per heavy atom. The minimum Gasteiger partial charge on any atom is -0.491 e. The Balaban J connectivity index is 1.16. The number of hydrogen-bond donors (Lipinski definition) is 0. The Labute approximate surface area is 287 Å². The van der Waals surface area contributed by atoms with Crippen molar-refractivity contribution in [2.24, 2.45) is 0 Å². The van der Waals surface area contributed by atoms with Crippen LogP contribution in [0.25, 0.3) is 27.9 Å². The first-order valence-electron chi connectivity index (χ1n) is 16.8. The minimum atomic E-state index is -0.428. The van der Waals surface area contributed by atoms with Crippen molar-refractivity contribution in [3.63, 3.8) is 0 Å². The minimum absolute atomic E-state index is 0.00771. The summed E-state index contributed by atoms with van der Waals surface area (Å²) in [6.07, 6.45) is 4.89. The lowest BCUT2D eigenvalue weighted by Gasteiger charge is -2.36. The molecule has 11 heteroatoms. The maximum atomic E-state index is 14.6. The number of nitrogens with zero attached hydrogens (tertiary/aromatic N) is 7. The van der Waals surface area contributed by atoms with Gasteiger partial charge in [-0.25, -0.2) is 9.37 Å². The Morgan fingerprint density at radius 3 is 2.39 bits per heavy atom. The van der Waals surface area contributed by atoms with Crippen LogP contribution < -0.4 is 14.4 Å². The molecule has 1 saturated heterocycles. The van der Waals surface area contributed by atoms with E-state index in [1.165, 1.54) is 17.7 Å². The van der Waals surface area contributed by atoms with E-state index in [1.807, 2.05) is 40.0 Å². The van der Waals surface area contributed by atoms with Gasteiger partial charge in [-0.15, -0.1) is 10.2 Å². The Bertz CT molecular complexity index is 1930. The van der Waals surface area contributed by atoms with E-state index in [4.69, 9.17) is 9.47 Å². The predicted molar refractivity (Wildman–Crippen MR) is 190 cm³/mol. The summed E-state index contributed by atoms with van der Waals surface area (Å²) in [5.74, 6) is 1.16. The van der Waals surface area contributed by atoms with Gasteiger partial charge >= 0.3 is 0 Å². The number of hydrogen-bond acceptors (Lipinski definition) is 8. The summed E-state index contributed by atoms with van der Waals surface area (Å²) < 4.78 is 27.3. The van der Waals surface area contributed by atoms with E-state index in [-0.39, 0.29) is 11.9 Å². The molecule has 49 heavy (non-hydrogen) atoms. The maximum absolute atomic E-state index is 14.6. The topological polar surface area (TPSA) is 88.3 Å². The second kappa shape index (κ2) is 14.6. The van der Waals surface area contributed by atoms with E-state index in [2.05, 4.69) is 65.9 Å². The smallest absolute Gasteiger partial charge is 0.276 e. The van der Waals surface area contributed by atoms with Crippen molar-refractivity contribution in [3.8, 4) is 34.0 Å². The summed E-state index contributed by atoms with van der Waals surface area (Å²) in [6.45, 7) is 13.0. The van der Waals surface area contributed by atoms with Crippen molar-refractivity contribution in [2.45, 2.75) is 40.2 Å². The molecule has 0 bridgehead atoms. The van der Waals surface area contributed by atoms with Crippen LogP contribution >= 0.6 is 0 Å². The Kier molecular flexibility index (Phi) is 10.1. The molecule has 0 unspecified atom stereocenters. The molecule has 0 saturated carbocycles. The lowest BCUT2D eigenvalue weighted by molar-refractivity contribution is 0.0717. The van der Waals surface area contributed by atoms with Crippen LogP contribution in [-0.4, -0.2) is 94.8 Å². The average Bonchev–Trinajstić information content (AvgIpc) is 3.50. The van der Waals surface area contributed by atoms with Crippen LogP contribution in [0, 0.1) is 12.7 Å². The molecule has 0 atom stereocenters. The van der Waals surface area contributed by atoms with Gasteiger partial charge in [0.1, 0.15) is 11.6 Å². The number of piperazine rings is 1. The first-order valence-corrected chi connectivity index (χ1v) is 16.8. The van der Waals surface area contributed by atoms with Crippen LogP contribution in [-0.2, 0) is 6.42 Å². The fourth-order valence-electron chi connectivity index (χ4n) is 6.57. The van der Waals surface area contributed by atoms with Gasteiger partial charge in [0.2, 0.25) is 0 Å². The number of carbonyl (C=O) groups is 1. The molecule has 4 heterocycles. The molecule has 10 nitrogen and oxygen atoms in total. The van der Waals surface area contributed by atoms with E-state index in [0.717, 1.165) is 73.0 Å². The van der Waals surface area contributed by atoms with E-state index < -0.39 is 5.82 Å². The highest BCUT2D eigenvalue weighted by Gasteiger charge is 2.25. The summed E-state index contributed by atoms with van der Waals surface area (Å²) >= 11 is 0. The number of fused-ring (bicyclic) bond motifs is 1. The van der Waals surface area contributed by atoms with Gasteiger partial charge in [-0.05, 0) is 63.4 Å². The van der Waals surface area contributed by atoms with Gasteiger partial charge in [0.25, 0.3) is 11.8 Å². The molecule has 0 spiro atoms. The highest BCUT2D eigenvalue weighted by Crippen LogP contribution is 2.34. The lowest BCUT2D eigenvalue weighted by atomic mass is 9.97. The van der Waals surface area contributed by atoms with Crippen molar-refractivity contribution in [1.82, 2.24) is 29.4 Å². The lowest BCUT2D eigenvalue weighted by Crippen LogP contribution is -2.47. The highest BCUT2D eigenvalue weighted by atomic mass is 19.1. The highest BCUT2D eigenvalue weighted by molar-refractivity contribution is 6.03. The standard InChI is InChI=1S/C38H44FN7O3/c1-7-45(25(2)3)38(47)33-20-29(39)12-13-31(33)32-21-30(24-46-26(4)40-23-35(32)46)44-18-16-43(17-19-44)15-14-27-8-10-28(11-9-27)34-22-36(48-5)37(49-6)42-41-34/h8-13,20-25H,7,14-19H2,1-6H3. The van der Waals surface area contributed by atoms with Crippen LogP contribution in [0.4, 0.5) is 10.1 Å². The van der Waals surface area contributed by atoms with Crippen molar-refractivity contribution >= 4 is 17.1 Å². The van der Waals surface area contributed by atoms with Crippen LogP contribution in [0.1, 0.15) is 42.5 Å². The molecule has 256 valence electrons. The van der Waals surface area contributed by atoms with Crippen LogP contribution in [0.2, 0.25) is 0 Å². The second-order valence-corrected chi connectivity index (χ2v) is 12.6.